The van der Waals surface area contributed by atoms with Crippen molar-refractivity contribution in [2.24, 2.45) is 5.73 Å². The Morgan fingerprint density at radius 1 is 1.55 bits per heavy atom. The van der Waals surface area contributed by atoms with Gasteiger partial charge in [0.2, 0.25) is 0 Å². The maximum atomic E-state index is 5.71. The number of aromatic nitrogens is 1. The van der Waals surface area contributed by atoms with Gasteiger partial charge in [-0.15, -0.1) is 0 Å². The third kappa shape index (κ3) is 2.06. The minimum atomic E-state index is -0.0581. The lowest BCUT2D eigenvalue weighted by Crippen LogP contribution is -2.05. The summed E-state index contributed by atoms with van der Waals surface area (Å²) in [6.07, 6.45) is 1.62. The van der Waals surface area contributed by atoms with E-state index in [9.17, 15) is 0 Å². The third-order valence-electron chi connectivity index (χ3n) is 1.34. The Bertz CT molecular complexity index is 261. The van der Waals surface area contributed by atoms with Gasteiger partial charge < -0.3 is 5.73 Å². The third-order valence-corrected chi connectivity index (χ3v) is 2.03. The first kappa shape index (κ1) is 8.78. The summed E-state index contributed by atoms with van der Waals surface area (Å²) in [7, 11) is 0. The molecule has 0 fully saturated rings. The summed E-state index contributed by atoms with van der Waals surface area (Å²) in [5, 5.41) is 0.762. The van der Waals surface area contributed by atoms with Gasteiger partial charge in [-0.25, -0.2) is 4.98 Å². The molecule has 0 bridgehead atoms. The number of hydrogen-bond donors (Lipinski definition) is 1. The second kappa shape index (κ2) is 3.39. The second-order valence-corrected chi connectivity index (χ2v) is 3.10. The largest absolute Gasteiger partial charge is 0.324 e. The van der Waals surface area contributed by atoms with Crippen LogP contribution in [0.25, 0.3) is 0 Å². The zero-order valence-corrected chi connectivity index (χ0v) is 7.52. The average molecular weight is 191 g/mol. The summed E-state index contributed by atoms with van der Waals surface area (Å²) < 4.78 is 0. The van der Waals surface area contributed by atoms with Crippen molar-refractivity contribution in [2.45, 2.75) is 13.0 Å². The highest BCUT2D eigenvalue weighted by Crippen LogP contribution is 2.21. The molecule has 2 N–H and O–H groups in total. The Balaban J connectivity index is 3.05. The van der Waals surface area contributed by atoms with Crippen molar-refractivity contribution < 1.29 is 0 Å². The van der Waals surface area contributed by atoms with Crippen molar-refractivity contribution in [3.63, 3.8) is 0 Å². The molecule has 1 aromatic rings. The van der Waals surface area contributed by atoms with Crippen LogP contribution < -0.4 is 5.73 Å². The van der Waals surface area contributed by atoms with Gasteiger partial charge in [-0.3, -0.25) is 0 Å². The van der Waals surface area contributed by atoms with Crippen LogP contribution in [0, 0.1) is 0 Å². The lowest BCUT2D eigenvalue weighted by Gasteiger charge is -2.04. The van der Waals surface area contributed by atoms with Gasteiger partial charge in [-0.05, 0) is 18.6 Å². The van der Waals surface area contributed by atoms with Crippen molar-refractivity contribution >= 4 is 23.2 Å². The minimum Gasteiger partial charge on any atom is -0.324 e. The van der Waals surface area contributed by atoms with Crippen LogP contribution in [-0.4, -0.2) is 4.98 Å². The molecule has 1 heterocycles. The van der Waals surface area contributed by atoms with Crippen LogP contribution in [0.15, 0.2) is 12.3 Å². The van der Waals surface area contributed by atoms with Gasteiger partial charge in [0.25, 0.3) is 0 Å². The number of hydrogen-bond acceptors (Lipinski definition) is 2. The van der Waals surface area contributed by atoms with Gasteiger partial charge in [0, 0.05) is 12.2 Å². The van der Waals surface area contributed by atoms with E-state index in [1.807, 2.05) is 6.92 Å². The highest BCUT2D eigenvalue weighted by atomic mass is 35.5. The van der Waals surface area contributed by atoms with Crippen molar-refractivity contribution in [3.05, 3.63) is 28.0 Å². The fourth-order valence-corrected chi connectivity index (χ4v) is 0.963. The van der Waals surface area contributed by atoms with Crippen LogP contribution in [0.1, 0.15) is 18.5 Å². The Morgan fingerprint density at radius 3 is 2.64 bits per heavy atom. The molecule has 0 aliphatic carbocycles. The molecular weight excluding hydrogens is 183 g/mol. The summed E-state index contributed by atoms with van der Waals surface area (Å²) in [5.74, 6) is 0. The summed E-state index contributed by atoms with van der Waals surface area (Å²) in [5.41, 5.74) is 6.48. The quantitative estimate of drug-likeness (QED) is 0.692. The van der Waals surface area contributed by atoms with Gasteiger partial charge >= 0.3 is 0 Å². The first-order valence-corrected chi connectivity index (χ1v) is 3.93. The number of rotatable bonds is 1. The first-order valence-electron chi connectivity index (χ1n) is 3.18. The lowest BCUT2D eigenvalue weighted by atomic mass is 10.2. The van der Waals surface area contributed by atoms with Crippen molar-refractivity contribution in [1.29, 1.82) is 0 Å². The van der Waals surface area contributed by atoms with Gasteiger partial charge in [0.05, 0.1) is 5.02 Å². The molecule has 1 atom stereocenters. The molecule has 0 unspecified atom stereocenters. The minimum absolute atomic E-state index is 0.0581. The molecular formula is C7H8Cl2N2. The van der Waals surface area contributed by atoms with E-state index in [2.05, 4.69) is 4.98 Å². The molecule has 11 heavy (non-hydrogen) atoms. The maximum Gasteiger partial charge on any atom is 0.147 e. The molecule has 0 aliphatic rings. The molecule has 0 radical (unpaired) electrons. The van der Waals surface area contributed by atoms with E-state index in [0.29, 0.717) is 10.2 Å². The fourth-order valence-electron chi connectivity index (χ4n) is 0.685. The SMILES string of the molecule is C[C@H](N)c1cnc(Cl)c(Cl)c1. The molecule has 0 spiro atoms. The van der Waals surface area contributed by atoms with E-state index < -0.39 is 0 Å². The topological polar surface area (TPSA) is 38.9 Å². The van der Waals surface area contributed by atoms with Crippen LogP contribution in [-0.2, 0) is 0 Å². The van der Waals surface area contributed by atoms with Crippen molar-refractivity contribution in [1.82, 2.24) is 4.98 Å². The molecule has 0 aromatic carbocycles. The predicted molar refractivity (Wildman–Crippen MR) is 46.9 cm³/mol. The first-order chi connectivity index (χ1) is 5.11. The standard InChI is InChI=1S/C7H8Cl2N2/c1-4(10)5-2-6(8)7(9)11-3-5/h2-4H,10H2,1H3/t4-/m0/s1. The van der Waals surface area contributed by atoms with E-state index in [1.54, 1.807) is 12.3 Å². The lowest BCUT2D eigenvalue weighted by molar-refractivity contribution is 0.812. The predicted octanol–water partition coefficient (Wildman–Crippen LogP) is 2.41. The van der Waals surface area contributed by atoms with Gasteiger partial charge in [0.1, 0.15) is 5.15 Å². The van der Waals surface area contributed by atoms with E-state index in [0.717, 1.165) is 5.56 Å². The molecule has 0 saturated carbocycles. The Kier molecular flexibility index (Phi) is 2.71. The molecule has 1 aromatic heterocycles. The smallest absolute Gasteiger partial charge is 0.147 e. The second-order valence-electron chi connectivity index (χ2n) is 2.33. The zero-order valence-electron chi connectivity index (χ0n) is 6.01. The molecule has 0 aliphatic heterocycles. The number of pyridine rings is 1. The normalized spacial score (nSPS) is 13.1. The van der Waals surface area contributed by atoms with Gasteiger partial charge in [-0.1, -0.05) is 23.2 Å². The number of halogens is 2. The van der Waals surface area contributed by atoms with Gasteiger partial charge in [-0.2, -0.15) is 0 Å². The van der Waals surface area contributed by atoms with Gasteiger partial charge in [0.15, 0.2) is 0 Å². The van der Waals surface area contributed by atoms with Crippen molar-refractivity contribution in [3.8, 4) is 0 Å². The van der Waals surface area contributed by atoms with Crippen LogP contribution >= 0.6 is 23.2 Å². The Morgan fingerprint density at radius 2 is 2.18 bits per heavy atom. The van der Waals surface area contributed by atoms with Crippen LogP contribution in [0.3, 0.4) is 0 Å². The monoisotopic (exact) mass is 190 g/mol. The molecule has 60 valence electrons. The summed E-state index contributed by atoms with van der Waals surface area (Å²) in [4.78, 5) is 3.85. The summed E-state index contributed by atoms with van der Waals surface area (Å²) in [6.45, 7) is 1.86. The summed E-state index contributed by atoms with van der Waals surface area (Å²) in [6, 6.07) is 1.67. The van der Waals surface area contributed by atoms with Crippen LogP contribution in [0.4, 0.5) is 0 Å². The molecule has 2 nitrogen and oxygen atoms in total. The number of nitrogens with two attached hydrogens (primary N) is 1. The van der Waals surface area contributed by atoms with Crippen molar-refractivity contribution in [2.75, 3.05) is 0 Å². The van der Waals surface area contributed by atoms with E-state index in [-0.39, 0.29) is 6.04 Å². The fraction of sp³-hybridized carbons (Fsp3) is 0.286. The molecule has 4 heteroatoms. The summed E-state index contributed by atoms with van der Waals surface area (Å²) >= 11 is 11.3. The zero-order chi connectivity index (χ0) is 8.43. The Hall–Kier alpha value is -0.310. The molecule has 1 rings (SSSR count). The van der Waals surface area contributed by atoms with Crippen LogP contribution in [0.2, 0.25) is 10.2 Å². The average Bonchev–Trinajstić information content (AvgIpc) is 1.94. The highest BCUT2D eigenvalue weighted by molar-refractivity contribution is 6.41. The van der Waals surface area contributed by atoms with Crippen LogP contribution in [0.5, 0.6) is 0 Å². The van der Waals surface area contributed by atoms with E-state index >= 15 is 0 Å². The Labute approximate surface area is 75.3 Å². The van der Waals surface area contributed by atoms with E-state index in [4.69, 9.17) is 28.9 Å². The molecule has 0 amide bonds. The maximum absolute atomic E-state index is 5.71. The highest BCUT2D eigenvalue weighted by Gasteiger charge is 2.03. The number of nitrogens with zero attached hydrogens (tertiary/aromatic N) is 1. The molecule has 0 saturated heterocycles. The van der Waals surface area contributed by atoms with E-state index in [1.165, 1.54) is 0 Å².